The number of esters is 1. The third kappa shape index (κ3) is 4.97. The van der Waals surface area contributed by atoms with E-state index in [1.54, 1.807) is 4.57 Å². The van der Waals surface area contributed by atoms with Crippen LogP contribution in [0.1, 0.15) is 66.2 Å². The summed E-state index contributed by atoms with van der Waals surface area (Å²) in [5, 5.41) is 1.10. The van der Waals surface area contributed by atoms with Gasteiger partial charge in [-0.3, -0.25) is 9.36 Å². The largest absolute Gasteiger partial charge is 0.466 e. The molecule has 0 unspecified atom stereocenters. The summed E-state index contributed by atoms with van der Waals surface area (Å²) in [6.45, 7) is 11.1. The van der Waals surface area contributed by atoms with Gasteiger partial charge in [-0.1, -0.05) is 98.0 Å². The molecular formula is C36H35N3O3S. The normalized spacial score (nSPS) is 15.2. The lowest BCUT2D eigenvalue weighted by atomic mass is 9.93. The summed E-state index contributed by atoms with van der Waals surface area (Å²) in [6, 6.07) is 24.2. The number of methoxy groups -OCH3 is 1. The van der Waals surface area contributed by atoms with Crippen LogP contribution in [0.5, 0.6) is 0 Å². The Morgan fingerprint density at radius 3 is 2.40 bits per heavy atom. The standard InChI is InChI=1S/C36H35N3O3S/c1-21(2)26-15-17-27(18-16-26)33-31(35(41)42-6)23(4)37-36-39(33)34(40)30(43-36)19-29-24(5)38(20-25-12-8-7-9-13-25)32-22(3)11-10-14-28(29)32/h7-19,21,33H,20H2,1-6H3/b30-19-/t33-/m1/s1. The SMILES string of the molecule is COC(=O)C1=C(C)N=c2s/c(=C\c3c(C)n(Cc4ccccc4)c4c(C)cccc34)c(=O)n2[C@@H]1c1ccc(C(C)C)cc1. The second kappa shape index (κ2) is 11.3. The van der Waals surface area contributed by atoms with Crippen molar-refractivity contribution in [3.63, 3.8) is 0 Å². The van der Waals surface area contributed by atoms with Gasteiger partial charge in [0.15, 0.2) is 4.80 Å². The Hall–Kier alpha value is -4.49. The van der Waals surface area contributed by atoms with Gasteiger partial charge < -0.3 is 9.30 Å². The molecule has 0 saturated carbocycles. The van der Waals surface area contributed by atoms with Crippen molar-refractivity contribution < 1.29 is 9.53 Å². The van der Waals surface area contributed by atoms with Gasteiger partial charge in [0.05, 0.1) is 34.5 Å². The lowest BCUT2D eigenvalue weighted by molar-refractivity contribution is -0.136. The van der Waals surface area contributed by atoms with Crippen molar-refractivity contribution in [1.82, 2.24) is 9.13 Å². The Kier molecular flexibility index (Phi) is 7.52. The maximum absolute atomic E-state index is 14.3. The van der Waals surface area contributed by atoms with Crippen molar-refractivity contribution in [2.24, 2.45) is 4.99 Å². The van der Waals surface area contributed by atoms with Gasteiger partial charge in [0.1, 0.15) is 0 Å². The molecular weight excluding hydrogens is 554 g/mol. The number of nitrogens with zero attached hydrogens (tertiary/aromatic N) is 3. The molecule has 0 aliphatic carbocycles. The van der Waals surface area contributed by atoms with Crippen molar-refractivity contribution in [1.29, 1.82) is 0 Å². The molecule has 3 aromatic carbocycles. The Morgan fingerprint density at radius 2 is 1.72 bits per heavy atom. The number of thiazole rings is 1. The number of benzene rings is 3. The number of carbonyl (C=O) groups is 1. The van der Waals surface area contributed by atoms with E-state index in [4.69, 9.17) is 9.73 Å². The van der Waals surface area contributed by atoms with E-state index in [-0.39, 0.29) is 5.56 Å². The zero-order valence-corrected chi connectivity index (χ0v) is 26.2. The number of aromatic nitrogens is 2. The Balaban J connectivity index is 1.56. The van der Waals surface area contributed by atoms with Crippen LogP contribution in [0.15, 0.2) is 93.9 Å². The zero-order chi connectivity index (χ0) is 30.4. The van der Waals surface area contributed by atoms with Crippen LogP contribution < -0.4 is 14.9 Å². The quantitative estimate of drug-likeness (QED) is 0.223. The fraction of sp³-hybridized carbons (Fsp3) is 0.250. The monoisotopic (exact) mass is 589 g/mol. The summed E-state index contributed by atoms with van der Waals surface area (Å²) in [5.41, 5.74) is 8.46. The second-order valence-corrected chi connectivity index (χ2v) is 12.4. The fourth-order valence-corrected chi connectivity index (χ4v) is 7.12. The van der Waals surface area contributed by atoms with E-state index >= 15 is 0 Å². The summed E-state index contributed by atoms with van der Waals surface area (Å²) >= 11 is 1.36. The lowest BCUT2D eigenvalue weighted by Crippen LogP contribution is -2.39. The summed E-state index contributed by atoms with van der Waals surface area (Å²) in [6.07, 6.45) is 2.00. The molecule has 218 valence electrons. The van der Waals surface area contributed by atoms with Crippen LogP contribution in [-0.2, 0) is 16.1 Å². The highest BCUT2D eigenvalue weighted by Gasteiger charge is 2.33. The van der Waals surface area contributed by atoms with E-state index in [2.05, 4.69) is 86.9 Å². The third-order valence-electron chi connectivity index (χ3n) is 8.40. The van der Waals surface area contributed by atoms with Crippen LogP contribution in [0.2, 0.25) is 0 Å². The molecule has 1 atom stereocenters. The number of carbonyl (C=O) groups excluding carboxylic acids is 1. The van der Waals surface area contributed by atoms with Crippen molar-refractivity contribution >= 4 is 34.3 Å². The highest BCUT2D eigenvalue weighted by Crippen LogP contribution is 2.32. The maximum atomic E-state index is 14.3. The molecule has 0 fully saturated rings. The van der Waals surface area contributed by atoms with Gasteiger partial charge in [-0.2, -0.15) is 0 Å². The molecule has 0 saturated heterocycles. The number of rotatable bonds is 6. The van der Waals surface area contributed by atoms with Gasteiger partial charge in [0.2, 0.25) is 0 Å². The molecule has 0 radical (unpaired) electrons. The van der Waals surface area contributed by atoms with E-state index in [1.165, 1.54) is 35.1 Å². The first kappa shape index (κ1) is 28.6. The first-order valence-corrected chi connectivity index (χ1v) is 15.3. The van der Waals surface area contributed by atoms with Crippen LogP contribution >= 0.6 is 11.3 Å². The van der Waals surface area contributed by atoms with Crippen LogP contribution in [0.3, 0.4) is 0 Å². The highest BCUT2D eigenvalue weighted by molar-refractivity contribution is 7.07. The van der Waals surface area contributed by atoms with Gasteiger partial charge in [-0.25, -0.2) is 9.79 Å². The third-order valence-corrected chi connectivity index (χ3v) is 9.38. The minimum Gasteiger partial charge on any atom is -0.466 e. The molecule has 5 aromatic rings. The van der Waals surface area contributed by atoms with E-state index in [0.29, 0.717) is 26.5 Å². The summed E-state index contributed by atoms with van der Waals surface area (Å²) < 4.78 is 9.74. The molecule has 43 heavy (non-hydrogen) atoms. The number of fused-ring (bicyclic) bond motifs is 2. The number of hydrogen-bond donors (Lipinski definition) is 0. The average Bonchev–Trinajstić information content (AvgIpc) is 3.45. The minimum atomic E-state index is -0.630. The summed E-state index contributed by atoms with van der Waals surface area (Å²) in [4.78, 5) is 32.6. The maximum Gasteiger partial charge on any atom is 0.338 e. The molecule has 6 nitrogen and oxygen atoms in total. The van der Waals surface area contributed by atoms with Gasteiger partial charge in [0.25, 0.3) is 5.56 Å². The molecule has 1 aliphatic rings. The lowest BCUT2D eigenvalue weighted by Gasteiger charge is -2.24. The van der Waals surface area contributed by atoms with Crippen LogP contribution in [0.4, 0.5) is 0 Å². The summed E-state index contributed by atoms with van der Waals surface area (Å²) in [7, 11) is 1.36. The molecule has 0 bridgehead atoms. The van der Waals surface area contributed by atoms with Gasteiger partial charge >= 0.3 is 5.97 Å². The number of aryl methyl sites for hydroxylation is 1. The molecule has 2 aromatic heterocycles. The number of hydrogen-bond acceptors (Lipinski definition) is 5. The molecule has 3 heterocycles. The van der Waals surface area contributed by atoms with Crippen molar-refractivity contribution in [3.8, 4) is 0 Å². The second-order valence-electron chi connectivity index (χ2n) is 11.4. The van der Waals surface area contributed by atoms with Crippen molar-refractivity contribution in [2.75, 3.05) is 7.11 Å². The van der Waals surface area contributed by atoms with E-state index in [1.807, 2.05) is 31.2 Å². The molecule has 1 aliphatic heterocycles. The number of ether oxygens (including phenoxy) is 1. The van der Waals surface area contributed by atoms with Gasteiger partial charge in [-0.15, -0.1) is 0 Å². The molecule has 7 heteroatoms. The summed E-state index contributed by atoms with van der Waals surface area (Å²) in [5.74, 6) is -0.118. The Labute approximate surface area is 254 Å². The van der Waals surface area contributed by atoms with Crippen LogP contribution in [-0.4, -0.2) is 22.2 Å². The van der Waals surface area contributed by atoms with E-state index in [0.717, 1.165) is 34.3 Å². The first-order chi connectivity index (χ1) is 20.7. The van der Waals surface area contributed by atoms with Gasteiger partial charge in [0, 0.05) is 23.2 Å². The molecule has 0 spiro atoms. The Morgan fingerprint density at radius 1 is 1.00 bits per heavy atom. The predicted octanol–water partition coefficient (Wildman–Crippen LogP) is 6.15. The van der Waals surface area contributed by atoms with Gasteiger partial charge in [-0.05, 0) is 55.0 Å². The smallest absolute Gasteiger partial charge is 0.338 e. The topological polar surface area (TPSA) is 65.6 Å². The van der Waals surface area contributed by atoms with E-state index in [9.17, 15) is 9.59 Å². The minimum absolute atomic E-state index is 0.174. The fourth-order valence-electron chi connectivity index (χ4n) is 6.09. The van der Waals surface area contributed by atoms with Crippen molar-refractivity contribution in [2.45, 2.75) is 53.1 Å². The van der Waals surface area contributed by atoms with E-state index < -0.39 is 12.0 Å². The highest BCUT2D eigenvalue weighted by atomic mass is 32.1. The first-order valence-electron chi connectivity index (χ1n) is 14.5. The zero-order valence-electron chi connectivity index (χ0n) is 25.3. The Bertz CT molecular complexity index is 2080. The number of allylic oxidation sites excluding steroid dienone is 1. The molecule has 0 N–H and O–H groups in total. The number of para-hydroxylation sites is 1. The molecule has 0 amide bonds. The van der Waals surface area contributed by atoms with Crippen molar-refractivity contribution in [3.05, 3.63) is 137 Å². The predicted molar refractivity (Wildman–Crippen MR) is 173 cm³/mol. The molecule has 6 rings (SSSR count). The average molecular weight is 590 g/mol. The van der Waals surface area contributed by atoms with Crippen LogP contribution in [0.25, 0.3) is 17.0 Å². The van der Waals surface area contributed by atoms with Crippen LogP contribution in [0, 0.1) is 13.8 Å².